The highest BCUT2D eigenvalue weighted by Crippen LogP contribution is 2.23. The molecule has 7 heteroatoms. The Morgan fingerprint density at radius 2 is 1.74 bits per heavy atom. The van der Waals surface area contributed by atoms with E-state index in [-0.39, 0.29) is 24.3 Å². The van der Waals surface area contributed by atoms with Crippen LogP contribution >= 0.6 is 0 Å². The molecule has 7 nitrogen and oxygen atoms in total. The fraction of sp³-hybridized carbons (Fsp3) is 0.296. The third-order valence-electron chi connectivity index (χ3n) is 5.14. The predicted molar refractivity (Wildman–Crippen MR) is 131 cm³/mol. The maximum atomic E-state index is 12.9. The summed E-state index contributed by atoms with van der Waals surface area (Å²) in [5.74, 6) is 1.23. The highest BCUT2D eigenvalue weighted by atomic mass is 16.5. The number of rotatable bonds is 10. The average molecular weight is 462 g/mol. The van der Waals surface area contributed by atoms with Crippen molar-refractivity contribution in [2.45, 2.75) is 40.3 Å². The first kappa shape index (κ1) is 24.8. The van der Waals surface area contributed by atoms with E-state index in [1.54, 1.807) is 30.5 Å². The van der Waals surface area contributed by atoms with Gasteiger partial charge in [-0.1, -0.05) is 31.5 Å². The zero-order valence-corrected chi connectivity index (χ0v) is 20.0. The average Bonchev–Trinajstić information content (AvgIpc) is 2.82. The number of aryl methyl sites for hydroxylation is 1. The molecule has 0 aliphatic rings. The molecule has 0 saturated heterocycles. The number of nitrogens with one attached hydrogen (secondary N) is 2. The molecule has 2 amide bonds. The van der Waals surface area contributed by atoms with Crippen LogP contribution in [0.2, 0.25) is 0 Å². The number of ether oxygens (including phenoxy) is 2. The minimum atomic E-state index is -0.658. The van der Waals surface area contributed by atoms with Gasteiger partial charge in [-0.2, -0.15) is 0 Å². The van der Waals surface area contributed by atoms with Gasteiger partial charge < -0.3 is 20.1 Å². The minimum absolute atomic E-state index is 0.0789. The van der Waals surface area contributed by atoms with Crippen LogP contribution in [0.1, 0.15) is 42.3 Å². The Morgan fingerprint density at radius 1 is 1.00 bits per heavy atom. The summed E-state index contributed by atoms with van der Waals surface area (Å²) >= 11 is 0. The largest absolute Gasteiger partial charge is 0.494 e. The molecular formula is C27H31N3O4. The van der Waals surface area contributed by atoms with Gasteiger partial charge >= 0.3 is 0 Å². The van der Waals surface area contributed by atoms with Crippen LogP contribution in [0.3, 0.4) is 0 Å². The zero-order valence-electron chi connectivity index (χ0n) is 20.0. The van der Waals surface area contributed by atoms with Crippen molar-refractivity contribution in [2.24, 2.45) is 5.92 Å². The van der Waals surface area contributed by atoms with Gasteiger partial charge in [0, 0.05) is 24.4 Å². The molecular weight excluding hydrogens is 430 g/mol. The van der Waals surface area contributed by atoms with Gasteiger partial charge in [0.05, 0.1) is 6.61 Å². The maximum Gasteiger partial charge on any atom is 0.251 e. The molecule has 0 aliphatic carbocycles. The highest BCUT2D eigenvalue weighted by Gasteiger charge is 2.24. The summed E-state index contributed by atoms with van der Waals surface area (Å²) in [4.78, 5) is 29.8. The molecule has 2 aromatic carbocycles. The number of pyridine rings is 1. The van der Waals surface area contributed by atoms with Gasteiger partial charge in [0.1, 0.15) is 17.5 Å². The number of hydrogen-bond acceptors (Lipinski definition) is 5. The third kappa shape index (κ3) is 7.07. The molecule has 0 radical (unpaired) electrons. The molecule has 0 spiro atoms. The lowest BCUT2D eigenvalue weighted by Crippen LogP contribution is -2.49. The Morgan fingerprint density at radius 3 is 2.41 bits per heavy atom. The number of amides is 2. The first-order valence-electron chi connectivity index (χ1n) is 11.4. The standard InChI is InChI=1S/C27H31N3O4/c1-5-33-22-9-11-23(12-10-22)34-24-16-20(13-14-28-24)17-29-27(32)25(18(2)3)30-26(31)21-8-6-7-19(4)15-21/h6-16,18,25H,5,17H2,1-4H3,(H,29,32)(H,30,31). The fourth-order valence-corrected chi connectivity index (χ4v) is 3.35. The monoisotopic (exact) mass is 461 g/mol. The summed E-state index contributed by atoms with van der Waals surface area (Å²) in [7, 11) is 0. The highest BCUT2D eigenvalue weighted by molar-refractivity contribution is 5.97. The molecule has 1 heterocycles. The van der Waals surface area contributed by atoms with Crippen molar-refractivity contribution in [3.8, 4) is 17.4 Å². The van der Waals surface area contributed by atoms with Crippen LogP contribution in [0, 0.1) is 12.8 Å². The molecule has 1 unspecified atom stereocenters. The summed E-state index contributed by atoms with van der Waals surface area (Å²) in [5, 5.41) is 5.76. The van der Waals surface area contributed by atoms with Crippen molar-refractivity contribution >= 4 is 11.8 Å². The lowest BCUT2D eigenvalue weighted by Gasteiger charge is -2.22. The quantitative estimate of drug-likeness (QED) is 0.459. The molecule has 178 valence electrons. The smallest absolute Gasteiger partial charge is 0.251 e. The number of hydrogen-bond donors (Lipinski definition) is 2. The maximum absolute atomic E-state index is 12.9. The van der Waals surface area contributed by atoms with Crippen molar-refractivity contribution in [2.75, 3.05) is 6.61 Å². The van der Waals surface area contributed by atoms with Gasteiger partial charge in [-0.25, -0.2) is 4.98 Å². The van der Waals surface area contributed by atoms with Crippen LogP contribution in [0.15, 0.2) is 66.9 Å². The van der Waals surface area contributed by atoms with E-state index >= 15 is 0 Å². The van der Waals surface area contributed by atoms with Crippen molar-refractivity contribution in [1.82, 2.24) is 15.6 Å². The van der Waals surface area contributed by atoms with E-state index in [1.807, 2.05) is 64.1 Å². The van der Waals surface area contributed by atoms with Gasteiger partial charge in [-0.05, 0) is 67.8 Å². The molecule has 1 atom stereocenters. The Hall–Kier alpha value is -3.87. The Balaban J connectivity index is 1.59. The first-order chi connectivity index (χ1) is 16.4. The third-order valence-corrected chi connectivity index (χ3v) is 5.14. The molecule has 3 rings (SSSR count). The number of nitrogens with zero attached hydrogens (tertiary/aromatic N) is 1. The van der Waals surface area contributed by atoms with Crippen LogP contribution in [-0.4, -0.2) is 29.4 Å². The molecule has 0 aliphatic heterocycles. The number of carbonyl (C=O) groups is 2. The summed E-state index contributed by atoms with van der Waals surface area (Å²) in [6.45, 7) is 8.53. The van der Waals surface area contributed by atoms with E-state index in [0.717, 1.165) is 16.9 Å². The SMILES string of the molecule is CCOc1ccc(Oc2cc(CNC(=O)C(NC(=O)c3cccc(C)c3)C(C)C)ccn2)cc1. The van der Waals surface area contributed by atoms with E-state index in [4.69, 9.17) is 9.47 Å². The van der Waals surface area contributed by atoms with Crippen molar-refractivity contribution in [3.05, 3.63) is 83.6 Å². The fourth-order valence-electron chi connectivity index (χ4n) is 3.35. The number of aromatic nitrogens is 1. The second-order valence-electron chi connectivity index (χ2n) is 8.29. The van der Waals surface area contributed by atoms with Gasteiger partial charge in [0.2, 0.25) is 11.8 Å². The van der Waals surface area contributed by atoms with Crippen molar-refractivity contribution in [3.63, 3.8) is 0 Å². The first-order valence-corrected chi connectivity index (χ1v) is 11.4. The normalized spacial score (nSPS) is 11.6. The summed E-state index contributed by atoms with van der Waals surface area (Å²) < 4.78 is 11.3. The summed E-state index contributed by atoms with van der Waals surface area (Å²) in [6, 6.07) is 17.5. The summed E-state index contributed by atoms with van der Waals surface area (Å²) in [5.41, 5.74) is 2.35. The second kappa shape index (κ2) is 11.8. The molecule has 1 aromatic heterocycles. The number of benzene rings is 2. The van der Waals surface area contributed by atoms with E-state index < -0.39 is 6.04 Å². The van der Waals surface area contributed by atoms with Gasteiger partial charge in [-0.3, -0.25) is 9.59 Å². The topological polar surface area (TPSA) is 89.5 Å². The molecule has 0 bridgehead atoms. The second-order valence-corrected chi connectivity index (χ2v) is 8.29. The molecule has 0 saturated carbocycles. The molecule has 3 aromatic rings. The Kier molecular flexibility index (Phi) is 8.62. The van der Waals surface area contributed by atoms with E-state index in [9.17, 15) is 9.59 Å². The Labute approximate surface area is 200 Å². The Bertz CT molecular complexity index is 1110. The van der Waals surface area contributed by atoms with E-state index in [1.165, 1.54) is 0 Å². The van der Waals surface area contributed by atoms with Gasteiger partial charge in [-0.15, -0.1) is 0 Å². The lowest BCUT2D eigenvalue weighted by molar-refractivity contribution is -0.124. The molecule has 2 N–H and O–H groups in total. The van der Waals surface area contributed by atoms with Gasteiger partial charge in [0.25, 0.3) is 5.91 Å². The minimum Gasteiger partial charge on any atom is -0.494 e. The van der Waals surface area contributed by atoms with Crippen LogP contribution in [-0.2, 0) is 11.3 Å². The van der Waals surface area contributed by atoms with E-state index in [0.29, 0.717) is 23.8 Å². The van der Waals surface area contributed by atoms with Crippen molar-refractivity contribution in [1.29, 1.82) is 0 Å². The predicted octanol–water partition coefficient (Wildman–Crippen LogP) is 4.65. The van der Waals surface area contributed by atoms with Gasteiger partial charge in [0.15, 0.2) is 0 Å². The molecule has 34 heavy (non-hydrogen) atoms. The molecule has 0 fully saturated rings. The van der Waals surface area contributed by atoms with Crippen molar-refractivity contribution < 1.29 is 19.1 Å². The number of carbonyl (C=O) groups excluding carboxylic acids is 2. The van der Waals surface area contributed by atoms with Crippen LogP contribution in [0.25, 0.3) is 0 Å². The lowest BCUT2D eigenvalue weighted by atomic mass is 10.0. The van der Waals surface area contributed by atoms with Crippen LogP contribution < -0.4 is 20.1 Å². The van der Waals surface area contributed by atoms with E-state index in [2.05, 4.69) is 15.6 Å². The zero-order chi connectivity index (χ0) is 24.5. The van der Waals surface area contributed by atoms with Crippen LogP contribution in [0.5, 0.6) is 17.4 Å². The summed E-state index contributed by atoms with van der Waals surface area (Å²) in [6.07, 6.45) is 1.63. The van der Waals surface area contributed by atoms with Crippen LogP contribution in [0.4, 0.5) is 0 Å².